The van der Waals surface area contributed by atoms with Crippen LogP contribution in [0.4, 0.5) is 4.79 Å². The fourth-order valence-electron chi connectivity index (χ4n) is 0.406. The molecule has 3 nitrogen and oxygen atoms in total. The van der Waals surface area contributed by atoms with Gasteiger partial charge in [0, 0.05) is 5.75 Å². The van der Waals surface area contributed by atoms with Gasteiger partial charge in [-0.3, -0.25) is 0 Å². The average molecular weight is 149 g/mol. The molecule has 0 bridgehead atoms. The maximum atomic E-state index is 9.89. The predicted molar refractivity (Wildman–Crippen MR) is 38.8 cm³/mol. The zero-order valence-corrected chi connectivity index (χ0v) is 5.99. The van der Waals surface area contributed by atoms with Crippen LogP contribution in [0.3, 0.4) is 0 Å². The summed E-state index contributed by atoms with van der Waals surface area (Å²) in [6, 6.07) is 0. The van der Waals surface area contributed by atoms with E-state index in [4.69, 9.17) is 10.8 Å². The minimum Gasteiger partial charge on any atom is -0.473 e. The van der Waals surface area contributed by atoms with Gasteiger partial charge in [0.25, 0.3) is 0 Å². The fraction of sp³-hybridized carbons (Fsp3) is 0.800. The number of hydrogen-bond donors (Lipinski definition) is 2. The van der Waals surface area contributed by atoms with E-state index in [1.165, 1.54) is 0 Å². The topological polar surface area (TPSA) is 63.3 Å². The summed E-state index contributed by atoms with van der Waals surface area (Å²) in [7, 11) is 0. The Morgan fingerprint density at radius 3 is 2.67 bits per heavy atom. The molecule has 4 heteroatoms. The smallest absolute Gasteiger partial charge is 0.364 e. The predicted octanol–water partition coefficient (Wildman–Crippen LogP) is 1.14. The number of thioether (sulfide) groups is 1. The summed E-state index contributed by atoms with van der Waals surface area (Å²) in [6.45, 7) is 0.653. The van der Waals surface area contributed by atoms with Gasteiger partial charge in [-0.1, -0.05) is 0 Å². The zero-order valence-electron chi connectivity index (χ0n) is 5.17. The minimum atomic E-state index is -0.799. The van der Waals surface area contributed by atoms with Gasteiger partial charge in [0.2, 0.25) is 0 Å². The molecule has 0 atom stereocenters. The van der Waals surface area contributed by atoms with Gasteiger partial charge in [-0.25, -0.2) is 4.79 Å². The molecule has 0 saturated carbocycles. The van der Waals surface area contributed by atoms with Crippen molar-refractivity contribution in [1.82, 2.24) is 0 Å². The van der Waals surface area contributed by atoms with E-state index >= 15 is 0 Å². The van der Waals surface area contributed by atoms with Crippen LogP contribution in [0.2, 0.25) is 0 Å². The molecule has 0 aliphatic carbocycles. The van der Waals surface area contributed by atoms with Gasteiger partial charge in [0.15, 0.2) is 0 Å². The molecule has 0 spiro atoms. The molecule has 0 aromatic rings. The molecule has 0 unspecified atom stereocenters. The van der Waals surface area contributed by atoms with E-state index in [9.17, 15) is 4.79 Å². The van der Waals surface area contributed by atoms with Crippen LogP contribution in [0.15, 0.2) is 0 Å². The van der Waals surface area contributed by atoms with Crippen LogP contribution < -0.4 is 5.73 Å². The second-order valence-corrected chi connectivity index (χ2v) is 2.66. The second kappa shape index (κ2) is 5.91. The van der Waals surface area contributed by atoms with Crippen LogP contribution in [0.25, 0.3) is 0 Å². The van der Waals surface area contributed by atoms with Crippen LogP contribution in [-0.2, 0) is 0 Å². The maximum absolute atomic E-state index is 9.89. The monoisotopic (exact) mass is 149 g/mol. The highest BCUT2D eigenvalue weighted by atomic mass is 32.2. The number of rotatable bonds is 4. The van der Waals surface area contributed by atoms with E-state index < -0.39 is 5.30 Å². The van der Waals surface area contributed by atoms with Gasteiger partial charge in [0.1, 0.15) is 0 Å². The molecule has 9 heavy (non-hydrogen) atoms. The van der Waals surface area contributed by atoms with Gasteiger partial charge < -0.3 is 10.8 Å². The summed E-state index contributed by atoms with van der Waals surface area (Å²) in [5, 5.41) is 7.35. The van der Waals surface area contributed by atoms with Crippen LogP contribution in [0.5, 0.6) is 0 Å². The van der Waals surface area contributed by atoms with Gasteiger partial charge in [-0.2, -0.15) is 0 Å². The molecule has 0 saturated heterocycles. The summed E-state index contributed by atoms with van der Waals surface area (Å²) >= 11 is 0.932. The summed E-state index contributed by atoms with van der Waals surface area (Å²) < 4.78 is 0. The van der Waals surface area contributed by atoms with E-state index in [1.807, 2.05) is 0 Å². The largest absolute Gasteiger partial charge is 0.473 e. The van der Waals surface area contributed by atoms with Gasteiger partial charge >= 0.3 is 5.30 Å². The minimum absolute atomic E-state index is 0.653. The molecule has 0 aromatic heterocycles. The van der Waals surface area contributed by atoms with Crippen molar-refractivity contribution in [2.24, 2.45) is 5.73 Å². The number of carboxylic acid groups (broad SMARTS) is 1. The van der Waals surface area contributed by atoms with Gasteiger partial charge in [0.05, 0.1) is 0 Å². The summed E-state index contributed by atoms with van der Waals surface area (Å²) in [5.41, 5.74) is 5.19. The molecule has 54 valence electrons. The standard InChI is InChI=1S/C5H11NO2S/c6-3-1-2-4-9-5(7)8/h1-4,6H2,(H,7,8). The highest BCUT2D eigenvalue weighted by molar-refractivity contribution is 8.13. The van der Waals surface area contributed by atoms with Crippen molar-refractivity contribution in [2.75, 3.05) is 12.3 Å². The lowest BCUT2D eigenvalue weighted by molar-refractivity contribution is 0.222. The highest BCUT2D eigenvalue weighted by Crippen LogP contribution is 2.03. The molecule has 0 aromatic carbocycles. The number of unbranched alkanes of at least 4 members (excludes halogenated alkanes) is 1. The van der Waals surface area contributed by atoms with E-state index in [1.54, 1.807) is 0 Å². The van der Waals surface area contributed by atoms with Crippen LogP contribution in [0, 0.1) is 0 Å². The molecule has 0 aliphatic rings. The molecular formula is C5H11NO2S. The average Bonchev–Trinajstić information content (AvgIpc) is 1.80. The van der Waals surface area contributed by atoms with Crippen molar-refractivity contribution < 1.29 is 9.90 Å². The second-order valence-electron chi connectivity index (χ2n) is 1.61. The van der Waals surface area contributed by atoms with Gasteiger partial charge in [-0.05, 0) is 31.1 Å². The van der Waals surface area contributed by atoms with Crippen molar-refractivity contribution >= 4 is 17.1 Å². The first-order chi connectivity index (χ1) is 4.27. The van der Waals surface area contributed by atoms with Crippen molar-refractivity contribution in [3.05, 3.63) is 0 Å². The third-order valence-corrected chi connectivity index (χ3v) is 1.56. The fourth-order valence-corrected chi connectivity index (χ4v) is 0.929. The molecule has 0 heterocycles. The normalized spacial score (nSPS) is 9.44. The highest BCUT2D eigenvalue weighted by Gasteiger charge is 1.94. The van der Waals surface area contributed by atoms with Crippen LogP contribution in [0.1, 0.15) is 12.8 Å². The molecule has 0 radical (unpaired) electrons. The third kappa shape index (κ3) is 7.78. The summed E-state index contributed by atoms with van der Waals surface area (Å²) in [6.07, 6.45) is 1.81. The first-order valence-corrected chi connectivity index (χ1v) is 3.81. The summed E-state index contributed by atoms with van der Waals surface area (Å²) in [4.78, 5) is 9.89. The van der Waals surface area contributed by atoms with E-state index in [-0.39, 0.29) is 0 Å². The Labute approximate surface area is 58.6 Å². The van der Waals surface area contributed by atoms with E-state index in [0.717, 1.165) is 24.6 Å². The van der Waals surface area contributed by atoms with Crippen molar-refractivity contribution in [2.45, 2.75) is 12.8 Å². The molecular weight excluding hydrogens is 138 g/mol. The SMILES string of the molecule is NCCCCSC(=O)O. The van der Waals surface area contributed by atoms with Crippen molar-refractivity contribution in [3.8, 4) is 0 Å². The number of nitrogens with two attached hydrogens (primary N) is 1. The first kappa shape index (κ1) is 8.78. The third-order valence-electron chi connectivity index (χ3n) is 0.824. The van der Waals surface area contributed by atoms with E-state index in [2.05, 4.69) is 0 Å². The zero-order chi connectivity index (χ0) is 7.11. The Hall–Kier alpha value is -0.220. The Balaban J connectivity index is 2.83. The van der Waals surface area contributed by atoms with E-state index in [0.29, 0.717) is 12.3 Å². The van der Waals surface area contributed by atoms with Crippen molar-refractivity contribution in [3.63, 3.8) is 0 Å². The Bertz CT molecular complexity index is 87.0. The Morgan fingerprint density at radius 1 is 1.56 bits per heavy atom. The number of carbonyl (C=O) groups is 1. The molecule has 0 aliphatic heterocycles. The van der Waals surface area contributed by atoms with Crippen LogP contribution >= 0.6 is 11.8 Å². The molecule has 0 rings (SSSR count). The van der Waals surface area contributed by atoms with Gasteiger partial charge in [-0.15, -0.1) is 0 Å². The lowest BCUT2D eigenvalue weighted by Crippen LogP contribution is -1.99. The van der Waals surface area contributed by atoms with Crippen LogP contribution in [-0.4, -0.2) is 22.7 Å². The quantitative estimate of drug-likeness (QED) is 0.588. The molecule has 3 N–H and O–H groups in total. The lowest BCUT2D eigenvalue weighted by Gasteiger charge is -1.92. The molecule has 0 fully saturated rings. The first-order valence-electron chi connectivity index (χ1n) is 2.83. The summed E-state index contributed by atoms with van der Waals surface area (Å²) in [5.74, 6) is 0.673. The Morgan fingerprint density at radius 2 is 2.22 bits per heavy atom. The number of hydrogen-bond acceptors (Lipinski definition) is 3. The maximum Gasteiger partial charge on any atom is 0.364 e. The Kier molecular flexibility index (Phi) is 5.76. The lowest BCUT2D eigenvalue weighted by atomic mass is 10.3. The molecule has 0 amide bonds. The van der Waals surface area contributed by atoms with Crippen molar-refractivity contribution in [1.29, 1.82) is 0 Å².